The molecule has 122 valence electrons. The predicted octanol–water partition coefficient (Wildman–Crippen LogP) is 3.94. The first kappa shape index (κ1) is 16.2. The van der Waals surface area contributed by atoms with Gasteiger partial charge in [-0.3, -0.25) is 14.6 Å². The number of rotatable bonds is 4. The van der Waals surface area contributed by atoms with Crippen LogP contribution in [0.3, 0.4) is 0 Å². The first-order valence-electron chi connectivity index (χ1n) is 7.49. The molecule has 0 radical (unpaired) electrons. The SMILES string of the molecule is CCc1ccnc(C(=O)c2[nH]c3ccc(Cl)cc3c2OC(C)=O)c1. The molecule has 0 amide bonds. The number of carbonyl (C=O) groups excluding carboxylic acids is 2. The number of aromatic nitrogens is 2. The fourth-order valence-electron chi connectivity index (χ4n) is 2.50. The first-order valence-corrected chi connectivity index (χ1v) is 7.86. The minimum atomic E-state index is -0.514. The molecule has 0 fully saturated rings. The number of ketones is 1. The number of esters is 1. The molecule has 0 unspecified atom stereocenters. The summed E-state index contributed by atoms with van der Waals surface area (Å²) in [5, 5.41) is 1.06. The summed E-state index contributed by atoms with van der Waals surface area (Å²) in [6, 6.07) is 8.67. The van der Waals surface area contributed by atoms with E-state index in [0.29, 0.717) is 21.6 Å². The van der Waals surface area contributed by atoms with E-state index in [9.17, 15) is 9.59 Å². The lowest BCUT2D eigenvalue weighted by molar-refractivity contribution is -0.131. The smallest absolute Gasteiger partial charge is 0.308 e. The van der Waals surface area contributed by atoms with Gasteiger partial charge in [-0.05, 0) is 42.3 Å². The van der Waals surface area contributed by atoms with Crippen molar-refractivity contribution >= 4 is 34.3 Å². The second kappa shape index (κ2) is 6.45. The molecule has 0 aliphatic heterocycles. The van der Waals surface area contributed by atoms with Gasteiger partial charge >= 0.3 is 5.97 Å². The van der Waals surface area contributed by atoms with Crippen LogP contribution in [0.1, 0.15) is 35.6 Å². The largest absolute Gasteiger partial charge is 0.424 e. The number of nitrogens with zero attached hydrogens (tertiary/aromatic N) is 1. The molecule has 0 saturated carbocycles. The molecule has 2 aromatic heterocycles. The van der Waals surface area contributed by atoms with Gasteiger partial charge in [-0.2, -0.15) is 0 Å². The summed E-state index contributed by atoms with van der Waals surface area (Å²) in [6.07, 6.45) is 2.39. The van der Waals surface area contributed by atoms with Gasteiger partial charge in [-0.25, -0.2) is 0 Å². The second-order valence-corrected chi connectivity index (χ2v) is 5.78. The molecule has 0 atom stereocenters. The van der Waals surface area contributed by atoms with Crippen LogP contribution in [0, 0.1) is 0 Å². The van der Waals surface area contributed by atoms with E-state index in [-0.39, 0.29) is 17.2 Å². The number of hydrogen-bond acceptors (Lipinski definition) is 4. The van der Waals surface area contributed by atoms with Crippen LogP contribution in [0.2, 0.25) is 5.02 Å². The third-order valence-corrected chi connectivity index (χ3v) is 3.89. The summed E-state index contributed by atoms with van der Waals surface area (Å²) in [5.41, 5.74) is 2.14. The highest BCUT2D eigenvalue weighted by molar-refractivity contribution is 6.31. The fraction of sp³-hybridized carbons (Fsp3) is 0.167. The number of ether oxygens (including phenoxy) is 1. The van der Waals surface area contributed by atoms with E-state index in [2.05, 4.69) is 9.97 Å². The zero-order valence-corrected chi connectivity index (χ0v) is 14.0. The number of pyridine rings is 1. The van der Waals surface area contributed by atoms with Crippen molar-refractivity contribution in [1.29, 1.82) is 0 Å². The molecule has 0 saturated heterocycles. The number of H-pyrrole nitrogens is 1. The Bertz CT molecular complexity index is 947. The summed E-state index contributed by atoms with van der Waals surface area (Å²) in [7, 11) is 0. The van der Waals surface area contributed by atoms with Gasteiger partial charge in [0.25, 0.3) is 0 Å². The number of aryl methyl sites for hydroxylation is 1. The lowest BCUT2D eigenvalue weighted by Crippen LogP contribution is -2.09. The maximum Gasteiger partial charge on any atom is 0.308 e. The van der Waals surface area contributed by atoms with Gasteiger partial charge in [0.05, 0.1) is 0 Å². The zero-order chi connectivity index (χ0) is 17.3. The normalized spacial score (nSPS) is 10.8. The maximum absolute atomic E-state index is 12.9. The van der Waals surface area contributed by atoms with Crippen LogP contribution in [0.15, 0.2) is 36.5 Å². The topological polar surface area (TPSA) is 72.1 Å². The molecule has 24 heavy (non-hydrogen) atoms. The van der Waals surface area contributed by atoms with E-state index in [1.807, 2.05) is 13.0 Å². The van der Waals surface area contributed by atoms with E-state index >= 15 is 0 Å². The third kappa shape index (κ3) is 3.03. The third-order valence-electron chi connectivity index (χ3n) is 3.65. The number of hydrogen-bond donors (Lipinski definition) is 1. The molecule has 3 rings (SSSR count). The lowest BCUT2D eigenvalue weighted by Gasteiger charge is -2.05. The molecule has 0 bridgehead atoms. The molecular formula is C18H15ClN2O3. The van der Waals surface area contributed by atoms with Crippen LogP contribution in [0.5, 0.6) is 5.75 Å². The van der Waals surface area contributed by atoms with Crippen molar-refractivity contribution in [3.8, 4) is 5.75 Å². The Balaban J connectivity index is 2.16. The number of nitrogens with one attached hydrogen (secondary N) is 1. The number of halogens is 1. The van der Waals surface area contributed by atoms with Gasteiger partial charge in [-0.15, -0.1) is 0 Å². The van der Waals surface area contributed by atoms with Gasteiger partial charge in [0, 0.05) is 29.0 Å². The van der Waals surface area contributed by atoms with Crippen LogP contribution in [0.4, 0.5) is 0 Å². The molecule has 3 aromatic rings. The molecule has 5 nitrogen and oxygen atoms in total. The number of carbonyl (C=O) groups is 2. The number of fused-ring (bicyclic) bond motifs is 1. The van der Waals surface area contributed by atoms with Crippen LogP contribution >= 0.6 is 11.6 Å². The van der Waals surface area contributed by atoms with Crippen molar-refractivity contribution < 1.29 is 14.3 Å². The summed E-state index contributed by atoms with van der Waals surface area (Å²) in [6.45, 7) is 3.28. The van der Waals surface area contributed by atoms with Crippen molar-refractivity contribution in [3.63, 3.8) is 0 Å². The van der Waals surface area contributed by atoms with Gasteiger partial charge in [-0.1, -0.05) is 18.5 Å². The highest BCUT2D eigenvalue weighted by atomic mass is 35.5. The minimum absolute atomic E-state index is 0.175. The van der Waals surface area contributed by atoms with Crippen LogP contribution in [0.25, 0.3) is 10.9 Å². The van der Waals surface area contributed by atoms with Crippen molar-refractivity contribution in [2.45, 2.75) is 20.3 Å². The van der Waals surface area contributed by atoms with Gasteiger partial charge in [0.15, 0.2) is 5.75 Å². The average Bonchev–Trinajstić information content (AvgIpc) is 2.91. The Morgan fingerprint density at radius 2 is 2.04 bits per heavy atom. The fourth-order valence-corrected chi connectivity index (χ4v) is 2.67. The standard InChI is InChI=1S/C18H15ClN2O3/c1-3-11-6-7-20-15(8-11)17(23)16-18(24-10(2)22)13-9-12(19)4-5-14(13)21-16/h4-9,21H,3H2,1-2H3. The molecule has 1 aromatic carbocycles. The Morgan fingerprint density at radius 3 is 2.75 bits per heavy atom. The lowest BCUT2D eigenvalue weighted by atomic mass is 10.1. The Hall–Kier alpha value is -2.66. The molecule has 0 aliphatic carbocycles. The maximum atomic E-state index is 12.9. The summed E-state index contributed by atoms with van der Waals surface area (Å²) >= 11 is 6.02. The van der Waals surface area contributed by atoms with E-state index in [4.69, 9.17) is 16.3 Å². The van der Waals surface area contributed by atoms with Crippen molar-refractivity contribution in [1.82, 2.24) is 9.97 Å². The monoisotopic (exact) mass is 342 g/mol. The Labute approximate surface area is 143 Å². The molecule has 0 aliphatic rings. The second-order valence-electron chi connectivity index (χ2n) is 5.34. The van der Waals surface area contributed by atoms with E-state index in [1.54, 1.807) is 30.5 Å². The van der Waals surface area contributed by atoms with Gasteiger partial charge < -0.3 is 9.72 Å². The average molecular weight is 343 g/mol. The van der Waals surface area contributed by atoms with Crippen molar-refractivity contribution in [2.24, 2.45) is 0 Å². The quantitative estimate of drug-likeness (QED) is 0.576. The summed E-state index contributed by atoms with van der Waals surface area (Å²) in [4.78, 5) is 31.5. The Kier molecular flexibility index (Phi) is 4.36. The van der Waals surface area contributed by atoms with E-state index in [0.717, 1.165) is 12.0 Å². The molecule has 6 heteroatoms. The van der Waals surface area contributed by atoms with E-state index in [1.165, 1.54) is 6.92 Å². The highest BCUT2D eigenvalue weighted by Crippen LogP contribution is 2.33. The minimum Gasteiger partial charge on any atom is -0.424 e. The van der Waals surface area contributed by atoms with E-state index < -0.39 is 5.97 Å². The summed E-state index contributed by atoms with van der Waals surface area (Å²) < 4.78 is 5.28. The van der Waals surface area contributed by atoms with Crippen molar-refractivity contribution in [3.05, 3.63) is 58.5 Å². The number of aromatic amines is 1. The Morgan fingerprint density at radius 1 is 1.25 bits per heavy atom. The van der Waals surface area contributed by atoms with Gasteiger partial charge in [0.1, 0.15) is 11.4 Å². The van der Waals surface area contributed by atoms with Crippen LogP contribution in [-0.2, 0) is 11.2 Å². The molecule has 2 heterocycles. The predicted molar refractivity (Wildman–Crippen MR) is 91.7 cm³/mol. The zero-order valence-electron chi connectivity index (χ0n) is 13.2. The molecular weight excluding hydrogens is 328 g/mol. The van der Waals surface area contributed by atoms with Crippen LogP contribution in [-0.4, -0.2) is 21.7 Å². The van der Waals surface area contributed by atoms with Crippen LogP contribution < -0.4 is 4.74 Å². The summed E-state index contributed by atoms with van der Waals surface area (Å²) in [5.74, 6) is -0.678. The number of benzene rings is 1. The van der Waals surface area contributed by atoms with Crippen molar-refractivity contribution in [2.75, 3.05) is 0 Å². The van der Waals surface area contributed by atoms with Gasteiger partial charge in [0.2, 0.25) is 5.78 Å². The molecule has 0 spiro atoms. The highest BCUT2D eigenvalue weighted by Gasteiger charge is 2.23. The molecule has 1 N–H and O–H groups in total. The first-order chi connectivity index (χ1) is 11.5.